The van der Waals surface area contributed by atoms with Crippen molar-refractivity contribution >= 4 is 93.5 Å². The van der Waals surface area contributed by atoms with Crippen LogP contribution in [0.4, 0.5) is 0 Å². The van der Waals surface area contributed by atoms with Gasteiger partial charge in [-0.15, -0.1) is 23.5 Å². The monoisotopic (exact) mass is 392 g/mol. The normalized spacial score (nSPS) is 24.7. The van der Waals surface area contributed by atoms with Gasteiger partial charge in [-0.3, -0.25) is 0 Å². The average Bonchev–Trinajstić information content (AvgIpc) is 2.86. The standard InChI is InChI=1S/C10H4Cl4S4/c11-4-3(5(12)7(14)6(4)13)8-17-9-10(18-8)16-2-1-15-9/h1-2H2. The quantitative estimate of drug-likeness (QED) is 0.450. The third-order valence-corrected chi connectivity index (χ3v) is 9.90. The van der Waals surface area contributed by atoms with Gasteiger partial charge in [-0.05, 0) is 0 Å². The minimum Gasteiger partial charge on any atom is -0.116 e. The molecule has 0 radical (unpaired) electrons. The van der Waals surface area contributed by atoms with Crippen molar-refractivity contribution in [1.82, 2.24) is 0 Å². The highest BCUT2D eigenvalue weighted by atomic mass is 35.5. The number of halogens is 4. The Labute approximate surface area is 142 Å². The summed E-state index contributed by atoms with van der Waals surface area (Å²) in [6, 6.07) is 0. The molecule has 8 heteroatoms. The van der Waals surface area contributed by atoms with E-state index in [0.717, 1.165) is 21.3 Å². The summed E-state index contributed by atoms with van der Waals surface area (Å²) in [7, 11) is 0. The molecule has 0 saturated heterocycles. The zero-order valence-electron chi connectivity index (χ0n) is 8.56. The van der Waals surface area contributed by atoms with Crippen LogP contribution in [0.1, 0.15) is 0 Å². The van der Waals surface area contributed by atoms with Crippen LogP contribution < -0.4 is 0 Å². The van der Waals surface area contributed by atoms with E-state index < -0.39 is 0 Å². The van der Waals surface area contributed by atoms with E-state index in [1.807, 2.05) is 23.5 Å². The first-order chi connectivity index (χ1) is 8.59. The van der Waals surface area contributed by atoms with Gasteiger partial charge in [0.1, 0.15) is 0 Å². The van der Waals surface area contributed by atoms with Crippen LogP contribution in [0.5, 0.6) is 0 Å². The van der Waals surface area contributed by atoms with Crippen molar-refractivity contribution in [2.75, 3.05) is 11.5 Å². The largest absolute Gasteiger partial charge is 0.116 e. The van der Waals surface area contributed by atoms with Crippen molar-refractivity contribution in [2.45, 2.75) is 0 Å². The fraction of sp³-hybridized carbons (Fsp3) is 0.200. The van der Waals surface area contributed by atoms with Gasteiger partial charge in [0.05, 0.1) is 32.8 Å². The minimum absolute atomic E-state index is 0.345. The van der Waals surface area contributed by atoms with E-state index >= 15 is 0 Å². The van der Waals surface area contributed by atoms with Crippen LogP contribution in [0.2, 0.25) is 0 Å². The van der Waals surface area contributed by atoms with Crippen molar-refractivity contribution in [3.05, 3.63) is 38.4 Å². The Kier molecular flexibility index (Phi) is 4.60. The highest BCUT2D eigenvalue weighted by Gasteiger charge is 2.33. The predicted molar refractivity (Wildman–Crippen MR) is 91.6 cm³/mol. The first-order valence-corrected chi connectivity index (χ1v) is 9.92. The summed E-state index contributed by atoms with van der Waals surface area (Å²) in [5.74, 6) is 2.29. The molecule has 96 valence electrons. The topological polar surface area (TPSA) is 0 Å². The molecule has 18 heavy (non-hydrogen) atoms. The lowest BCUT2D eigenvalue weighted by molar-refractivity contribution is 1.56. The van der Waals surface area contributed by atoms with Gasteiger partial charge < -0.3 is 0 Å². The Morgan fingerprint density at radius 3 is 1.50 bits per heavy atom. The van der Waals surface area contributed by atoms with Crippen LogP contribution in [-0.2, 0) is 0 Å². The van der Waals surface area contributed by atoms with Crippen LogP contribution in [0, 0.1) is 0 Å². The lowest BCUT2D eigenvalue weighted by Crippen LogP contribution is -1.88. The van der Waals surface area contributed by atoms with Gasteiger partial charge in [0.2, 0.25) is 0 Å². The van der Waals surface area contributed by atoms with Crippen molar-refractivity contribution in [3.8, 4) is 0 Å². The molecule has 0 aromatic carbocycles. The molecule has 0 fully saturated rings. The second-order valence-corrected chi connectivity index (χ2v) is 9.93. The summed E-state index contributed by atoms with van der Waals surface area (Å²) < 4.78 is 3.75. The maximum absolute atomic E-state index is 6.22. The minimum atomic E-state index is 0.345. The fourth-order valence-electron chi connectivity index (χ4n) is 1.51. The molecule has 0 atom stereocenters. The second kappa shape index (κ2) is 5.72. The Balaban J connectivity index is 2.00. The van der Waals surface area contributed by atoms with Crippen molar-refractivity contribution < 1.29 is 0 Å². The molecule has 2 heterocycles. The third-order valence-electron chi connectivity index (χ3n) is 2.31. The first kappa shape index (κ1) is 14.5. The third kappa shape index (κ3) is 2.41. The van der Waals surface area contributed by atoms with Crippen LogP contribution in [-0.4, -0.2) is 11.5 Å². The van der Waals surface area contributed by atoms with E-state index in [2.05, 4.69) is 0 Å². The molecule has 0 aromatic heterocycles. The molecule has 0 N–H and O–H groups in total. The van der Waals surface area contributed by atoms with E-state index in [1.54, 1.807) is 23.5 Å². The van der Waals surface area contributed by atoms with Gasteiger partial charge in [-0.1, -0.05) is 69.9 Å². The molecule has 0 spiro atoms. The average molecular weight is 394 g/mol. The van der Waals surface area contributed by atoms with Gasteiger partial charge in [0.15, 0.2) is 0 Å². The lowest BCUT2D eigenvalue weighted by Gasteiger charge is -2.08. The Morgan fingerprint density at radius 1 is 0.611 bits per heavy atom. The second-order valence-electron chi connectivity index (χ2n) is 3.39. The Hall–Kier alpha value is 1.52. The maximum atomic E-state index is 6.22. The van der Waals surface area contributed by atoms with Gasteiger partial charge in [-0.25, -0.2) is 0 Å². The van der Waals surface area contributed by atoms with Gasteiger partial charge in [0.25, 0.3) is 0 Å². The molecule has 1 aliphatic carbocycles. The number of hydrogen-bond acceptors (Lipinski definition) is 4. The molecule has 3 aliphatic rings. The molecule has 0 bridgehead atoms. The Morgan fingerprint density at radius 2 is 1.06 bits per heavy atom. The van der Waals surface area contributed by atoms with E-state index in [1.165, 1.54) is 8.47 Å². The highest BCUT2D eigenvalue weighted by Crippen LogP contribution is 2.63. The Bertz CT molecular complexity index is 512. The van der Waals surface area contributed by atoms with E-state index in [9.17, 15) is 0 Å². The highest BCUT2D eigenvalue weighted by molar-refractivity contribution is 8.41. The van der Waals surface area contributed by atoms with Gasteiger partial charge >= 0.3 is 0 Å². The molecule has 0 unspecified atom stereocenters. The fourth-order valence-corrected chi connectivity index (χ4v) is 8.87. The van der Waals surface area contributed by atoms with Crippen LogP contribution in [0.25, 0.3) is 0 Å². The van der Waals surface area contributed by atoms with E-state index in [4.69, 9.17) is 46.4 Å². The van der Waals surface area contributed by atoms with Crippen LogP contribution in [0.15, 0.2) is 38.4 Å². The number of allylic oxidation sites excluding steroid dienone is 5. The molecule has 0 aromatic rings. The predicted octanol–water partition coefficient (Wildman–Crippen LogP) is 6.68. The van der Waals surface area contributed by atoms with E-state index in [-0.39, 0.29) is 0 Å². The molecular weight excluding hydrogens is 390 g/mol. The summed E-state index contributed by atoms with van der Waals surface area (Å²) in [5, 5.41) is 1.60. The molecule has 0 saturated carbocycles. The summed E-state index contributed by atoms with van der Waals surface area (Å²) in [5.41, 5.74) is 0.777. The number of hydrogen-bond donors (Lipinski definition) is 0. The molecular formula is C10H4Cl4S4. The lowest BCUT2D eigenvalue weighted by atomic mass is 10.3. The van der Waals surface area contributed by atoms with Gasteiger partial charge in [0, 0.05) is 17.1 Å². The SMILES string of the molecule is ClC1=C(Cl)C(=C2SC3=C(SCCS3)S2)C(Cl)=C1Cl. The number of thioether (sulfide) groups is 4. The summed E-state index contributed by atoms with van der Waals surface area (Å²) >= 11 is 31.7. The molecule has 2 aliphatic heterocycles. The molecule has 0 amide bonds. The zero-order chi connectivity index (χ0) is 12.9. The summed E-state index contributed by atoms with van der Waals surface area (Å²) in [6.07, 6.45) is 0. The summed E-state index contributed by atoms with van der Waals surface area (Å²) in [6.45, 7) is 0. The molecule has 0 nitrogen and oxygen atoms in total. The zero-order valence-corrected chi connectivity index (χ0v) is 14.8. The van der Waals surface area contributed by atoms with Crippen molar-refractivity contribution in [3.63, 3.8) is 0 Å². The van der Waals surface area contributed by atoms with Crippen molar-refractivity contribution in [1.29, 1.82) is 0 Å². The molecule has 3 rings (SSSR count). The van der Waals surface area contributed by atoms with Crippen LogP contribution >= 0.6 is 93.5 Å². The van der Waals surface area contributed by atoms with Crippen LogP contribution in [0.3, 0.4) is 0 Å². The smallest absolute Gasteiger partial charge is 0.0801 e. The van der Waals surface area contributed by atoms with Gasteiger partial charge in [-0.2, -0.15) is 0 Å². The van der Waals surface area contributed by atoms with E-state index in [0.29, 0.717) is 20.1 Å². The number of rotatable bonds is 0. The summed E-state index contributed by atoms with van der Waals surface area (Å²) in [4.78, 5) is 0. The maximum Gasteiger partial charge on any atom is 0.0801 e. The van der Waals surface area contributed by atoms with Crippen molar-refractivity contribution in [2.24, 2.45) is 0 Å². The first-order valence-electron chi connectivity index (χ1n) is 4.81.